The number of aryl methyl sites for hydroxylation is 1. The van der Waals surface area contributed by atoms with E-state index in [4.69, 9.17) is 9.84 Å². The van der Waals surface area contributed by atoms with Gasteiger partial charge in [-0.05, 0) is 43.7 Å². The van der Waals surface area contributed by atoms with E-state index in [1.54, 1.807) is 17.2 Å². The fourth-order valence-corrected chi connectivity index (χ4v) is 2.21. The zero-order chi connectivity index (χ0) is 16.7. The number of ether oxygens (including phenoxy) is 1. The number of aliphatic hydroxyl groups excluding tert-OH is 1. The van der Waals surface area contributed by atoms with Crippen molar-refractivity contribution >= 4 is 5.91 Å². The molecule has 1 N–H and O–H groups in total. The first-order valence-corrected chi connectivity index (χ1v) is 7.68. The number of aliphatic hydroxyl groups is 1. The number of likely N-dealkylation sites (N-methyl/N-ethyl adjacent to an activating group) is 1. The fourth-order valence-electron chi connectivity index (χ4n) is 2.21. The second-order valence-corrected chi connectivity index (χ2v) is 5.23. The number of benzene rings is 1. The zero-order valence-electron chi connectivity index (χ0n) is 13.5. The van der Waals surface area contributed by atoms with Gasteiger partial charge in [0.25, 0.3) is 5.91 Å². The minimum Gasteiger partial charge on any atom is -0.487 e. The van der Waals surface area contributed by atoms with Crippen LogP contribution >= 0.6 is 0 Å². The van der Waals surface area contributed by atoms with Gasteiger partial charge >= 0.3 is 0 Å². The molecule has 23 heavy (non-hydrogen) atoms. The van der Waals surface area contributed by atoms with Crippen molar-refractivity contribution in [1.29, 1.82) is 0 Å². The van der Waals surface area contributed by atoms with Gasteiger partial charge in [-0.15, -0.1) is 0 Å². The first-order chi connectivity index (χ1) is 11.1. The molecule has 1 aromatic carbocycles. The molecule has 5 heteroatoms. The lowest BCUT2D eigenvalue weighted by Gasteiger charge is -2.20. The van der Waals surface area contributed by atoms with Gasteiger partial charge in [-0.3, -0.25) is 9.78 Å². The summed E-state index contributed by atoms with van der Waals surface area (Å²) in [6.45, 7) is 5.05. The normalized spacial score (nSPS) is 10.4. The maximum Gasteiger partial charge on any atom is 0.253 e. The predicted octanol–water partition coefficient (Wildman–Crippen LogP) is 2.42. The summed E-state index contributed by atoms with van der Waals surface area (Å²) in [5, 5.41) is 9.03. The molecule has 0 bridgehead atoms. The number of carbonyl (C=O) groups is 1. The maximum atomic E-state index is 12.4. The Morgan fingerprint density at radius 2 is 2.13 bits per heavy atom. The first kappa shape index (κ1) is 17.0. The Morgan fingerprint density at radius 3 is 2.78 bits per heavy atom. The topological polar surface area (TPSA) is 62.7 Å². The molecule has 0 radical (unpaired) electrons. The Labute approximate surface area is 136 Å². The van der Waals surface area contributed by atoms with Gasteiger partial charge in [-0.2, -0.15) is 0 Å². The largest absolute Gasteiger partial charge is 0.487 e. The van der Waals surface area contributed by atoms with Gasteiger partial charge < -0.3 is 14.7 Å². The van der Waals surface area contributed by atoms with E-state index in [0.717, 1.165) is 11.3 Å². The van der Waals surface area contributed by atoms with Crippen LogP contribution in [0.4, 0.5) is 0 Å². The molecule has 0 unspecified atom stereocenters. The van der Waals surface area contributed by atoms with Crippen molar-refractivity contribution in [1.82, 2.24) is 9.88 Å². The van der Waals surface area contributed by atoms with Crippen LogP contribution in [0.3, 0.4) is 0 Å². The van der Waals surface area contributed by atoms with E-state index in [1.165, 1.54) is 0 Å². The fraction of sp³-hybridized carbons (Fsp3) is 0.333. The minimum absolute atomic E-state index is 0.0389. The van der Waals surface area contributed by atoms with Gasteiger partial charge in [0.15, 0.2) is 0 Å². The van der Waals surface area contributed by atoms with Gasteiger partial charge in [-0.25, -0.2) is 0 Å². The Balaban J connectivity index is 2.04. The van der Waals surface area contributed by atoms with Gasteiger partial charge in [0.05, 0.1) is 12.8 Å². The van der Waals surface area contributed by atoms with E-state index in [2.05, 4.69) is 4.98 Å². The summed E-state index contributed by atoms with van der Waals surface area (Å²) in [4.78, 5) is 18.2. The Morgan fingerprint density at radius 1 is 1.30 bits per heavy atom. The molecule has 1 amide bonds. The summed E-state index contributed by atoms with van der Waals surface area (Å²) in [7, 11) is 0. The van der Waals surface area contributed by atoms with Crippen LogP contribution in [-0.2, 0) is 6.61 Å². The smallest absolute Gasteiger partial charge is 0.253 e. The van der Waals surface area contributed by atoms with Crippen LogP contribution in [-0.4, -0.2) is 40.6 Å². The molecule has 0 saturated carbocycles. The molecule has 2 rings (SSSR count). The summed E-state index contributed by atoms with van der Waals surface area (Å²) < 4.78 is 5.69. The minimum atomic E-state index is -0.0830. The SMILES string of the molecule is CCN(CCO)C(=O)c1cccc(COc2ccc(C)nc2)c1. The molecule has 0 saturated heterocycles. The van der Waals surface area contributed by atoms with Crippen LogP contribution in [0.5, 0.6) is 5.75 Å². The quantitative estimate of drug-likeness (QED) is 0.852. The average Bonchev–Trinajstić information content (AvgIpc) is 2.59. The van der Waals surface area contributed by atoms with Crippen molar-refractivity contribution < 1.29 is 14.6 Å². The lowest BCUT2D eigenvalue weighted by atomic mass is 10.1. The lowest BCUT2D eigenvalue weighted by Crippen LogP contribution is -2.33. The summed E-state index contributed by atoms with van der Waals surface area (Å²) in [5.74, 6) is 0.614. The number of nitrogens with zero attached hydrogens (tertiary/aromatic N) is 2. The highest BCUT2D eigenvalue weighted by molar-refractivity contribution is 5.94. The highest BCUT2D eigenvalue weighted by Crippen LogP contribution is 2.14. The van der Waals surface area contributed by atoms with Crippen LogP contribution in [0.1, 0.15) is 28.5 Å². The summed E-state index contributed by atoms with van der Waals surface area (Å²) in [6.07, 6.45) is 1.68. The van der Waals surface area contributed by atoms with Crippen molar-refractivity contribution in [2.75, 3.05) is 19.7 Å². The van der Waals surface area contributed by atoms with Crippen molar-refractivity contribution in [2.45, 2.75) is 20.5 Å². The molecule has 1 heterocycles. The van der Waals surface area contributed by atoms with Gasteiger partial charge in [-0.1, -0.05) is 12.1 Å². The summed E-state index contributed by atoms with van der Waals surface area (Å²) in [6, 6.07) is 11.1. The van der Waals surface area contributed by atoms with E-state index in [1.807, 2.05) is 44.2 Å². The maximum absolute atomic E-state index is 12.4. The molecule has 0 aliphatic heterocycles. The molecular weight excluding hydrogens is 292 g/mol. The molecule has 0 aliphatic rings. The number of hydrogen-bond donors (Lipinski definition) is 1. The Kier molecular flexibility index (Phi) is 6.11. The third-order valence-electron chi connectivity index (χ3n) is 3.50. The third kappa shape index (κ3) is 4.79. The van der Waals surface area contributed by atoms with Gasteiger partial charge in [0, 0.05) is 24.3 Å². The number of carbonyl (C=O) groups excluding carboxylic acids is 1. The second-order valence-electron chi connectivity index (χ2n) is 5.23. The van der Waals surface area contributed by atoms with Crippen LogP contribution in [0.25, 0.3) is 0 Å². The van der Waals surface area contributed by atoms with Crippen LogP contribution in [0.15, 0.2) is 42.6 Å². The summed E-state index contributed by atoms with van der Waals surface area (Å²) >= 11 is 0. The predicted molar refractivity (Wildman–Crippen MR) is 88.4 cm³/mol. The van der Waals surface area contributed by atoms with Crippen LogP contribution < -0.4 is 4.74 Å². The number of hydrogen-bond acceptors (Lipinski definition) is 4. The van der Waals surface area contributed by atoms with Gasteiger partial charge in [0.2, 0.25) is 0 Å². The van der Waals surface area contributed by atoms with E-state index in [9.17, 15) is 4.79 Å². The molecule has 5 nitrogen and oxygen atoms in total. The molecule has 0 atom stereocenters. The lowest BCUT2D eigenvalue weighted by molar-refractivity contribution is 0.0732. The van der Waals surface area contributed by atoms with Crippen molar-refractivity contribution in [2.24, 2.45) is 0 Å². The highest BCUT2D eigenvalue weighted by atomic mass is 16.5. The molecule has 0 aliphatic carbocycles. The van der Waals surface area contributed by atoms with E-state index >= 15 is 0 Å². The first-order valence-electron chi connectivity index (χ1n) is 7.68. The van der Waals surface area contributed by atoms with Crippen molar-refractivity contribution in [3.8, 4) is 5.75 Å². The van der Waals surface area contributed by atoms with Crippen molar-refractivity contribution in [3.63, 3.8) is 0 Å². The number of aromatic nitrogens is 1. The number of amides is 1. The van der Waals surface area contributed by atoms with E-state index < -0.39 is 0 Å². The molecule has 1 aromatic heterocycles. The van der Waals surface area contributed by atoms with E-state index in [0.29, 0.717) is 31.0 Å². The third-order valence-corrected chi connectivity index (χ3v) is 3.50. The Hall–Kier alpha value is -2.40. The monoisotopic (exact) mass is 314 g/mol. The second kappa shape index (κ2) is 8.29. The number of rotatable bonds is 7. The van der Waals surface area contributed by atoms with Crippen molar-refractivity contribution in [3.05, 3.63) is 59.4 Å². The Bertz CT molecular complexity index is 641. The molecule has 0 spiro atoms. The number of pyridine rings is 1. The standard InChI is InChI=1S/C18H22N2O3/c1-3-20(9-10-21)18(22)16-6-4-5-15(11-16)13-23-17-8-7-14(2)19-12-17/h4-8,11-12,21H,3,9-10,13H2,1-2H3. The molecule has 2 aromatic rings. The van der Waals surface area contributed by atoms with Gasteiger partial charge in [0.1, 0.15) is 12.4 Å². The molecular formula is C18H22N2O3. The van der Waals surface area contributed by atoms with Crippen LogP contribution in [0, 0.1) is 6.92 Å². The zero-order valence-corrected chi connectivity index (χ0v) is 13.5. The highest BCUT2D eigenvalue weighted by Gasteiger charge is 2.13. The molecule has 0 fully saturated rings. The van der Waals surface area contributed by atoms with E-state index in [-0.39, 0.29) is 12.5 Å². The average molecular weight is 314 g/mol. The molecule has 122 valence electrons. The van der Waals surface area contributed by atoms with Crippen LogP contribution in [0.2, 0.25) is 0 Å². The summed E-state index contributed by atoms with van der Waals surface area (Å²) in [5.41, 5.74) is 2.45.